The number of hydrogen-bond donors (Lipinski definition) is 0. The van der Waals surface area contributed by atoms with E-state index in [2.05, 4.69) is 153 Å². The second kappa shape index (κ2) is 9.79. The molecule has 206 valence electrons. The van der Waals surface area contributed by atoms with E-state index in [1.54, 1.807) is 0 Å². The van der Waals surface area contributed by atoms with Gasteiger partial charge in [0, 0.05) is 32.8 Å². The maximum Gasteiger partial charge on any atom is 0.160 e. The summed E-state index contributed by atoms with van der Waals surface area (Å²) in [5.41, 5.74) is 10.1. The highest BCUT2D eigenvalue weighted by atomic mass is 15.2. The summed E-state index contributed by atoms with van der Waals surface area (Å²) < 4.78 is 4.57. The Hall–Kier alpha value is -6.00. The second-order valence-corrected chi connectivity index (χ2v) is 11.1. The first kappa shape index (κ1) is 24.6. The summed E-state index contributed by atoms with van der Waals surface area (Å²) >= 11 is 0. The van der Waals surface area contributed by atoms with Crippen molar-refractivity contribution >= 4 is 43.6 Å². The number of rotatable bonds is 4. The molecule has 0 aliphatic carbocycles. The zero-order chi connectivity index (χ0) is 29.0. The van der Waals surface area contributed by atoms with Gasteiger partial charge >= 0.3 is 0 Å². The van der Waals surface area contributed by atoms with Gasteiger partial charge in [-0.2, -0.15) is 0 Å². The van der Waals surface area contributed by atoms with Crippen LogP contribution in [0.25, 0.3) is 77.5 Å². The van der Waals surface area contributed by atoms with Crippen LogP contribution < -0.4 is 0 Å². The Morgan fingerprint density at radius 3 is 1.48 bits per heavy atom. The summed E-state index contributed by atoms with van der Waals surface area (Å²) in [4.78, 5) is 0. The molecule has 0 fully saturated rings. The minimum absolute atomic E-state index is 0.804. The van der Waals surface area contributed by atoms with Gasteiger partial charge in [0.05, 0.1) is 27.8 Å². The van der Waals surface area contributed by atoms with Crippen LogP contribution in [0.1, 0.15) is 0 Å². The van der Waals surface area contributed by atoms with Crippen LogP contribution in [0.4, 0.5) is 0 Å². The van der Waals surface area contributed by atoms with Crippen LogP contribution in [0.3, 0.4) is 0 Å². The van der Waals surface area contributed by atoms with E-state index in [1.807, 2.05) is 24.3 Å². The lowest BCUT2D eigenvalue weighted by molar-refractivity contribution is 0.958. The van der Waals surface area contributed by atoms with E-state index < -0.39 is 0 Å². The van der Waals surface area contributed by atoms with E-state index in [9.17, 15) is 0 Å². The Labute approximate surface area is 254 Å². The number of hydrogen-bond acceptors (Lipinski definition) is 2. The van der Waals surface area contributed by atoms with Gasteiger partial charge in [0.15, 0.2) is 5.82 Å². The van der Waals surface area contributed by atoms with Crippen LogP contribution in [0.5, 0.6) is 0 Å². The molecule has 4 heteroatoms. The van der Waals surface area contributed by atoms with Gasteiger partial charge in [-0.15, -0.1) is 10.2 Å². The maximum absolute atomic E-state index is 4.68. The molecule has 3 heterocycles. The van der Waals surface area contributed by atoms with Crippen molar-refractivity contribution in [1.82, 2.24) is 19.3 Å². The Kier molecular flexibility index (Phi) is 5.47. The quantitative estimate of drug-likeness (QED) is 0.214. The molecule has 0 N–H and O–H groups in total. The number of nitrogens with zero attached hydrogens (tertiary/aromatic N) is 4. The van der Waals surface area contributed by atoms with Crippen LogP contribution in [-0.2, 0) is 0 Å². The fraction of sp³-hybridized carbons (Fsp3) is 0. The molecule has 0 aliphatic heterocycles. The molecule has 0 aliphatic rings. The normalized spacial score (nSPS) is 11.6. The average molecular weight is 563 g/mol. The molecule has 0 amide bonds. The first-order valence-corrected chi connectivity index (χ1v) is 14.9. The van der Waals surface area contributed by atoms with E-state index in [0.29, 0.717) is 0 Å². The van der Waals surface area contributed by atoms with Gasteiger partial charge in [-0.3, -0.25) is 4.57 Å². The highest BCUT2D eigenvalue weighted by Gasteiger charge is 2.16. The molecule has 0 bridgehead atoms. The minimum Gasteiger partial charge on any atom is -0.309 e. The zero-order valence-corrected chi connectivity index (χ0v) is 23.8. The fourth-order valence-electron chi connectivity index (χ4n) is 6.61. The molecule has 44 heavy (non-hydrogen) atoms. The van der Waals surface area contributed by atoms with E-state index in [0.717, 1.165) is 28.1 Å². The third-order valence-corrected chi connectivity index (χ3v) is 8.64. The first-order chi connectivity index (χ1) is 21.8. The molecule has 0 unspecified atom stereocenters. The monoisotopic (exact) mass is 562 g/mol. The highest BCUT2D eigenvalue weighted by molar-refractivity contribution is 6.12. The van der Waals surface area contributed by atoms with Crippen LogP contribution in [0.2, 0.25) is 0 Å². The highest BCUT2D eigenvalue weighted by Crippen LogP contribution is 2.38. The molecule has 0 saturated heterocycles. The molecule has 6 aromatic carbocycles. The lowest BCUT2D eigenvalue weighted by Gasteiger charge is -2.09. The van der Waals surface area contributed by atoms with Crippen LogP contribution in [-0.4, -0.2) is 19.3 Å². The number of fused-ring (bicyclic) bond motifs is 6. The van der Waals surface area contributed by atoms with Crippen molar-refractivity contribution in [3.05, 3.63) is 158 Å². The van der Waals surface area contributed by atoms with Crippen molar-refractivity contribution in [2.45, 2.75) is 0 Å². The Bertz CT molecular complexity index is 2470. The summed E-state index contributed by atoms with van der Waals surface area (Å²) in [7, 11) is 0. The van der Waals surface area contributed by atoms with Gasteiger partial charge in [-0.25, -0.2) is 0 Å². The third kappa shape index (κ3) is 3.78. The minimum atomic E-state index is 0.804. The van der Waals surface area contributed by atoms with Crippen molar-refractivity contribution in [2.24, 2.45) is 0 Å². The Morgan fingerprint density at radius 2 is 0.864 bits per heavy atom. The predicted octanol–water partition coefficient (Wildman–Crippen LogP) is 10.0. The Balaban J connectivity index is 1.20. The van der Waals surface area contributed by atoms with Crippen molar-refractivity contribution in [3.63, 3.8) is 0 Å². The second-order valence-electron chi connectivity index (χ2n) is 11.1. The summed E-state index contributed by atoms with van der Waals surface area (Å²) in [5, 5.41) is 14.2. The van der Waals surface area contributed by atoms with Gasteiger partial charge in [0.2, 0.25) is 0 Å². The van der Waals surface area contributed by atoms with E-state index in [1.165, 1.54) is 49.4 Å². The molecule has 0 radical (unpaired) electrons. The van der Waals surface area contributed by atoms with Crippen molar-refractivity contribution in [2.75, 3.05) is 0 Å². The van der Waals surface area contributed by atoms with E-state index in [4.69, 9.17) is 0 Å². The summed E-state index contributed by atoms with van der Waals surface area (Å²) in [6.07, 6.45) is 0. The third-order valence-electron chi connectivity index (χ3n) is 8.64. The van der Waals surface area contributed by atoms with Gasteiger partial charge in [-0.05, 0) is 71.8 Å². The largest absolute Gasteiger partial charge is 0.309 e. The molecule has 0 saturated carbocycles. The molecule has 3 aromatic heterocycles. The van der Waals surface area contributed by atoms with Gasteiger partial charge in [0.1, 0.15) is 0 Å². The van der Waals surface area contributed by atoms with Crippen molar-refractivity contribution in [3.8, 4) is 33.9 Å². The van der Waals surface area contributed by atoms with Crippen LogP contribution in [0, 0.1) is 0 Å². The fourth-order valence-corrected chi connectivity index (χ4v) is 6.61. The lowest BCUT2D eigenvalue weighted by atomic mass is 10.0. The molecule has 4 nitrogen and oxygen atoms in total. The molecular weight excluding hydrogens is 536 g/mol. The van der Waals surface area contributed by atoms with Gasteiger partial charge in [0.25, 0.3) is 0 Å². The van der Waals surface area contributed by atoms with Crippen molar-refractivity contribution in [1.29, 1.82) is 0 Å². The first-order valence-electron chi connectivity index (χ1n) is 14.9. The number of para-hydroxylation sites is 3. The van der Waals surface area contributed by atoms with Crippen molar-refractivity contribution < 1.29 is 0 Å². The number of benzene rings is 6. The smallest absolute Gasteiger partial charge is 0.160 e. The molecule has 9 aromatic rings. The van der Waals surface area contributed by atoms with E-state index in [-0.39, 0.29) is 0 Å². The summed E-state index contributed by atoms with van der Waals surface area (Å²) in [6.45, 7) is 0. The molecule has 9 rings (SSSR count). The summed E-state index contributed by atoms with van der Waals surface area (Å²) in [5.74, 6) is 0.804. The average Bonchev–Trinajstić information content (AvgIpc) is 3.61. The lowest BCUT2D eigenvalue weighted by Crippen LogP contribution is -1.99. The maximum atomic E-state index is 4.68. The standard InChI is InChI=1S/C40H26N4/c1-3-11-27(12-4-1)35-21-24-40(42-41-35)44-37-18-10-8-16-32(37)34-26-29(20-23-39(34)44)28-19-22-38-33(25-28)31-15-7-9-17-36(31)43(38)30-13-5-2-6-14-30/h1-26H. The SMILES string of the molecule is c1ccc(-c2ccc(-n3c4ccccc4c4cc(-c5ccc6c(c5)c5ccccc5n6-c5ccccc5)ccc43)nn2)cc1. The molecule has 0 atom stereocenters. The van der Waals surface area contributed by atoms with E-state index >= 15 is 0 Å². The van der Waals surface area contributed by atoms with Crippen LogP contribution in [0.15, 0.2) is 158 Å². The number of aromatic nitrogens is 4. The topological polar surface area (TPSA) is 35.6 Å². The zero-order valence-electron chi connectivity index (χ0n) is 23.8. The molecule has 0 spiro atoms. The Morgan fingerprint density at radius 1 is 0.341 bits per heavy atom. The molecular formula is C40H26N4. The van der Waals surface area contributed by atoms with Gasteiger partial charge in [-0.1, -0.05) is 97.1 Å². The summed E-state index contributed by atoms with van der Waals surface area (Å²) in [6, 6.07) is 55.7. The van der Waals surface area contributed by atoms with Crippen LogP contribution >= 0.6 is 0 Å². The predicted molar refractivity (Wildman–Crippen MR) is 182 cm³/mol. The van der Waals surface area contributed by atoms with Gasteiger partial charge < -0.3 is 4.57 Å².